The Labute approximate surface area is 213 Å². The third kappa shape index (κ3) is 4.22. The summed E-state index contributed by atoms with van der Waals surface area (Å²) in [6, 6.07) is 5.13. The largest absolute Gasteiger partial charge is 0.494 e. The molecule has 3 N–H and O–H groups in total. The molecule has 4 heterocycles. The van der Waals surface area contributed by atoms with E-state index in [1.165, 1.54) is 6.20 Å². The molecule has 0 radical (unpaired) electrons. The number of carbonyl (C=O) groups excluding carboxylic acids is 1. The molecule has 0 bridgehead atoms. The monoisotopic (exact) mass is 517 g/mol. The molecule has 2 aliphatic rings. The number of nitrogens with one attached hydrogen (secondary N) is 1. The number of amides is 1. The molecule has 9 nitrogen and oxygen atoms in total. The molecule has 0 aliphatic carbocycles. The Morgan fingerprint density at radius 2 is 1.91 bits per heavy atom. The van der Waals surface area contributed by atoms with Crippen LogP contribution in [0.2, 0.25) is 10.0 Å². The molecule has 2 aliphatic heterocycles. The third-order valence-corrected chi connectivity index (χ3v) is 7.65. The zero-order chi connectivity index (χ0) is 25.1. The van der Waals surface area contributed by atoms with Gasteiger partial charge in [0, 0.05) is 25.3 Å². The van der Waals surface area contributed by atoms with Gasteiger partial charge in [-0.05, 0) is 51.7 Å². The van der Waals surface area contributed by atoms with Crippen LogP contribution in [0.5, 0.6) is 0 Å². The zero-order valence-electron chi connectivity index (χ0n) is 19.9. The molecule has 2 saturated heterocycles. The summed E-state index contributed by atoms with van der Waals surface area (Å²) in [6.07, 6.45) is 2.25. The lowest BCUT2D eigenvalue weighted by atomic mass is 9.79. The first-order valence-corrected chi connectivity index (χ1v) is 12.1. The van der Waals surface area contributed by atoms with Crippen LogP contribution < -0.4 is 21.4 Å². The van der Waals surface area contributed by atoms with E-state index in [9.17, 15) is 4.79 Å². The van der Waals surface area contributed by atoms with Gasteiger partial charge in [0.1, 0.15) is 0 Å². The average molecular weight is 518 g/mol. The van der Waals surface area contributed by atoms with Gasteiger partial charge < -0.3 is 29.8 Å². The number of aromatic nitrogens is 2. The Bertz CT molecular complexity index is 1300. The Morgan fingerprint density at radius 1 is 1.20 bits per heavy atom. The van der Waals surface area contributed by atoms with E-state index in [1.807, 2.05) is 38.7 Å². The smallest absolute Gasteiger partial charge is 0.399 e. The molecular weight excluding hydrogens is 492 g/mol. The number of fused-ring (bicyclic) bond motifs is 1. The Kier molecular flexibility index (Phi) is 5.91. The molecule has 5 rings (SSSR count). The second-order valence-corrected chi connectivity index (χ2v) is 10.7. The van der Waals surface area contributed by atoms with Crippen molar-refractivity contribution in [3.8, 4) is 0 Å². The van der Waals surface area contributed by atoms with E-state index in [0.717, 1.165) is 11.9 Å². The normalized spacial score (nSPS) is 21.1. The van der Waals surface area contributed by atoms with Crippen molar-refractivity contribution < 1.29 is 18.6 Å². The van der Waals surface area contributed by atoms with E-state index in [1.54, 1.807) is 12.1 Å². The first-order valence-electron chi connectivity index (χ1n) is 11.4. The van der Waals surface area contributed by atoms with Crippen molar-refractivity contribution in [1.29, 1.82) is 0 Å². The lowest BCUT2D eigenvalue weighted by Crippen LogP contribution is -2.41. The van der Waals surface area contributed by atoms with Crippen molar-refractivity contribution in [2.45, 2.75) is 51.4 Å². The van der Waals surface area contributed by atoms with E-state index in [4.69, 9.17) is 42.8 Å². The van der Waals surface area contributed by atoms with E-state index in [0.29, 0.717) is 45.5 Å². The highest BCUT2D eigenvalue weighted by molar-refractivity contribution is 6.62. The van der Waals surface area contributed by atoms with Gasteiger partial charge in [0.05, 0.1) is 32.2 Å². The van der Waals surface area contributed by atoms with E-state index in [-0.39, 0.29) is 17.8 Å². The van der Waals surface area contributed by atoms with Gasteiger partial charge >= 0.3 is 7.12 Å². The van der Waals surface area contributed by atoms with Crippen LogP contribution in [0.3, 0.4) is 0 Å². The van der Waals surface area contributed by atoms with Crippen molar-refractivity contribution in [1.82, 2.24) is 15.5 Å². The molecule has 0 spiro atoms. The molecule has 12 heteroatoms. The summed E-state index contributed by atoms with van der Waals surface area (Å²) in [7, 11) is -0.549. The molecular formula is C23H26BCl2N5O4. The predicted octanol–water partition coefficient (Wildman–Crippen LogP) is 3.42. The number of benzene rings is 1. The SMILES string of the molecule is CC1(C)OB(c2ccc(C(=O)N[C@@H]3CCN(c4ncc(Cl)c5c(N)noc45)C3)c(Cl)c2)OC1(C)C. The van der Waals surface area contributed by atoms with Gasteiger partial charge in [0.15, 0.2) is 11.6 Å². The lowest BCUT2D eigenvalue weighted by molar-refractivity contribution is 0.00578. The number of halogens is 2. The van der Waals surface area contributed by atoms with Crippen LogP contribution in [-0.2, 0) is 9.31 Å². The third-order valence-electron chi connectivity index (χ3n) is 7.05. The Hall–Kier alpha value is -2.53. The van der Waals surface area contributed by atoms with Gasteiger partial charge in [0.2, 0.25) is 5.58 Å². The fraction of sp³-hybridized carbons (Fsp3) is 0.435. The Balaban J connectivity index is 1.27. The molecule has 2 aromatic heterocycles. The summed E-state index contributed by atoms with van der Waals surface area (Å²) in [5, 5.41) is 8.12. The maximum atomic E-state index is 13.0. The predicted molar refractivity (Wildman–Crippen MR) is 136 cm³/mol. The molecule has 1 amide bonds. The van der Waals surface area contributed by atoms with Crippen LogP contribution in [-0.4, -0.2) is 53.5 Å². The maximum absolute atomic E-state index is 13.0. The summed E-state index contributed by atoms with van der Waals surface area (Å²) in [4.78, 5) is 19.4. The number of hydrogen-bond acceptors (Lipinski definition) is 8. The van der Waals surface area contributed by atoms with Crippen LogP contribution >= 0.6 is 23.2 Å². The van der Waals surface area contributed by atoms with Gasteiger partial charge in [-0.3, -0.25) is 4.79 Å². The van der Waals surface area contributed by atoms with Crippen molar-refractivity contribution in [3.05, 3.63) is 40.0 Å². The highest BCUT2D eigenvalue weighted by Gasteiger charge is 2.51. The molecule has 1 atom stereocenters. The standard InChI is InChI=1S/C23H26BCl2N5O4/c1-22(2)23(3,4)35-24(34-22)12-5-6-14(15(25)9-12)21(32)29-13-7-8-31(11-13)20-18-17(16(26)10-28-20)19(27)30-33-18/h5-6,9-10,13H,7-8,11H2,1-4H3,(H2,27,30)(H,29,32)/t13-/m1/s1. The van der Waals surface area contributed by atoms with E-state index >= 15 is 0 Å². The maximum Gasteiger partial charge on any atom is 0.494 e. The van der Waals surface area contributed by atoms with E-state index in [2.05, 4.69) is 15.5 Å². The average Bonchev–Trinajstić information content (AvgIpc) is 3.45. The topological polar surface area (TPSA) is 116 Å². The minimum atomic E-state index is -0.549. The number of hydrogen-bond donors (Lipinski definition) is 2. The summed E-state index contributed by atoms with van der Waals surface area (Å²) < 4.78 is 17.5. The van der Waals surface area contributed by atoms with Gasteiger partial charge in [-0.25, -0.2) is 4.98 Å². The van der Waals surface area contributed by atoms with Gasteiger partial charge in [-0.1, -0.05) is 34.4 Å². The fourth-order valence-corrected chi connectivity index (χ4v) is 4.83. The first kappa shape index (κ1) is 24.2. The van der Waals surface area contributed by atoms with Crippen LogP contribution in [0.4, 0.5) is 11.6 Å². The van der Waals surface area contributed by atoms with Crippen molar-refractivity contribution in [2.75, 3.05) is 23.7 Å². The second kappa shape index (κ2) is 8.55. The number of anilines is 2. The fourth-order valence-electron chi connectivity index (χ4n) is 4.33. The highest BCUT2D eigenvalue weighted by Crippen LogP contribution is 2.37. The highest BCUT2D eigenvalue weighted by atomic mass is 35.5. The van der Waals surface area contributed by atoms with Crippen molar-refractivity contribution in [3.63, 3.8) is 0 Å². The molecule has 2 fully saturated rings. The number of pyridine rings is 1. The number of nitrogens with two attached hydrogens (primary N) is 1. The molecule has 35 heavy (non-hydrogen) atoms. The van der Waals surface area contributed by atoms with Crippen LogP contribution in [0.15, 0.2) is 28.9 Å². The number of rotatable bonds is 4. The number of nitrogens with zero attached hydrogens (tertiary/aromatic N) is 3. The molecule has 184 valence electrons. The molecule has 0 saturated carbocycles. The minimum absolute atomic E-state index is 0.103. The second-order valence-electron chi connectivity index (χ2n) is 9.93. The zero-order valence-corrected chi connectivity index (χ0v) is 21.4. The summed E-state index contributed by atoms with van der Waals surface area (Å²) in [5.74, 6) is 0.562. The summed E-state index contributed by atoms with van der Waals surface area (Å²) in [6.45, 7) is 9.17. The summed E-state index contributed by atoms with van der Waals surface area (Å²) in [5.41, 5.74) is 6.54. The van der Waals surface area contributed by atoms with Crippen molar-refractivity contribution in [2.24, 2.45) is 0 Å². The molecule has 0 unspecified atom stereocenters. The Morgan fingerprint density at radius 3 is 2.60 bits per heavy atom. The van der Waals surface area contributed by atoms with E-state index < -0.39 is 18.3 Å². The van der Waals surface area contributed by atoms with Crippen LogP contribution in [0.25, 0.3) is 11.0 Å². The minimum Gasteiger partial charge on any atom is -0.399 e. The summed E-state index contributed by atoms with van der Waals surface area (Å²) >= 11 is 12.7. The van der Waals surface area contributed by atoms with Crippen molar-refractivity contribution >= 4 is 64.3 Å². The van der Waals surface area contributed by atoms with Gasteiger partial charge in [-0.15, -0.1) is 0 Å². The lowest BCUT2D eigenvalue weighted by Gasteiger charge is -2.32. The van der Waals surface area contributed by atoms with Crippen LogP contribution in [0.1, 0.15) is 44.5 Å². The first-order chi connectivity index (χ1) is 16.5. The molecule has 3 aromatic rings. The van der Waals surface area contributed by atoms with Gasteiger partial charge in [-0.2, -0.15) is 0 Å². The number of carbonyl (C=O) groups is 1. The number of nitrogen functional groups attached to an aromatic ring is 1. The van der Waals surface area contributed by atoms with Crippen LogP contribution in [0, 0.1) is 0 Å². The quantitative estimate of drug-likeness (QED) is 0.505. The molecule has 1 aromatic carbocycles. The van der Waals surface area contributed by atoms with Gasteiger partial charge in [0.25, 0.3) is 5.91 Å².